The third kappa shape index (κ3) is 1.35. The molecule has 0 radical (unpaired) electrons. The van der Waals surface area contributed by atoms with Crippen LogP contribution >= 0.6 is 15.9 Å². The number of carbonyl (C=O) groups is 1. The van der Waals surface area contributed by atoms with Crippen molar-refractivity contribution in [3.8, 4) is 0 Å². The molecule has 0 aromatic heterocycles. The molecule has 2 N–H and O–H groups in total. The van der Waals surface area contributed by atoms with Gasteiger partial charge in [-0.25, -0.2) is 4.79 Å². The Morgan fingerprint density at radius 3 is 2.87 bits per heavy atom. The normalized spacial score (nSPS) is 13.5. The molecule has 1 aromatic carbocycles. The molecule has 0 amide bonds. The van der Waals surface area contributed by atoms with Gasteiger partial charge in [-0.2, -0.15) is 0 Å². The number of anilines is 1. The predicted molar refractivity (Wildman–Crippen MR) is 54.3 cm³/mol. The molecule has 78 valence electrons. The number of fused-ring (bicyclic) bond motifs is 1. The third-order valence-corrected chi connectivity index (χ3v) is 2.77. The first-order valence-electron chi connectivity index (χ1n) is 3.94. The molecule has 15 heavy (non-hydrogen) atoms. The van der Waals surface area contributed by atoms with E-state index in [1.807, 2.05) is 0 Å². The van der Waals surface area contributed by atoms with Crippen LogP contribution in [0.5, 0.6) is 0 Å². The van der Waals surface area contributed by atoms with E-state index in [-0.39, 0.29) is 23.5 Å². The lowest BCUT2D eigenvalue weighted by atomic mass is 10.1. The van der Waals surface area contributed by atoms with Crippen molar-refractivity contribution in [1.29, 1.82) is 0 Å². The van der Waals surface area contributed by atoms with Gasteiger partial charge in [0.2, 0.25) is 0 Å². The summed E-state index contributed by atoms with van der Waals surface area (Å²) in [6.45, 7) is 0.0495. The van der Waals surface area contributed by atoms with Gasteiger partial charge >= 0.3 is 11.7 Å². The number of cyclic esters (lactones) is 1. The summed E-state index contributed by atoms with van der Waals surface area (Å²) < 4.78 is 5.10. The van der Waals surface area contributed by atoms with Crippen molar-refractivity contribution < 1.29 is 14.5 Å². The van der Waals surface area contributed by atoms with E-state index in [2.05, 4.69) is 15.9 Å². The van der Waals surface area contributed by atoms with Crippen molar-refractivity contribution in [2.75, 3.05) is 5.73 Å². The highest BCUT2D eigenvalue weighted by Gasteiger charge is 2.34. The summed E-state index contributed by atoms with van der Waals surface area (Å²) in [4.78, 5) is 21.4. The first-order valence-corrected chi connectivity index (χ1v) is 4.74. The topological polar surface area (TPSA) is 95.5 Å². The van der Waals surface area contributed by atoms with Crippen LogP contribution in [-0.2, 0) is 11.3 Å². The fourth-order valence-electron chi connectivity index (χ4n) is 1.45. The Morgan fingerprint density at radius 2 is 2.27 bits per heavy atom. The van der Waals surface area contributed by atoms with Crippen LogP contribution in [0.15, 0.2) is 10.5 Å². The van der Waals surface area contributed by atoms with Crippen LogP contribution < -0.4 is 5.73 Å². The first kappa shape index (κ1) is 9.91. The molecule has 1 aliphatic heterocycles. The molecule has 0 atom stereocenters. The largest absolute Gasteiger partial charge is 0.457 e. The highest BCUT2D eigenvalue weighted by molar-refractivity contribution is 9.10. The number of nitrogens with zero attached hydrogens (tertiary/aromatic N) is 1. The molecule has 0 saturated carbocycles. The number of rotatable bonds is 1. The van der Waals surface area contributed by atoms with E-state index in [1.54, 1.807) is 6.07 Å². The van der Waals surface area contributed by atoms with Crippen LogP contribution in [0, 0.1) is 10.1 Å². The second-order valence-electron chi connectivity index (χ2n) is 2.99. The number of carbonyl (C=O) groups excluding carboxylic acids is 1. The molecule has 1 aliphatic rings. The Labute approximate surface area is 92.3 Å². The molecule has 0 bridgehead atoms. The Kier molecular flexibility index (Phi) is 2.11. The second-order valence-corrected chi connectivity index (χ2v) is 3.84. The number of hydrogen-bond acceptors (Lipinski definition) is 5. The van der Waals surface area contributed by atoms with Gasteiger partial charge in [0, 0.05) is 10.0 Å². The Balaban J connectivity index is 2.81. The van der Waals surface area contributed by atoms with Gasteiger partial charge in [-0.15, -0.1) is 0 Å². The van der Waals surface area contributed by atoms with Gasteiger partial charge in [-0.3, -0.25) is 10.1 Å². The van der Waals surface area contributed by atoms with E-state index in [4.69, 9.17) is 10.5 Å². The van der Waals surface area contributed by atoms with Gasteiger partial charge in [-0.1, -0.05) is 0 Å². The second kappa shape index (κ2) is 3.20. The van der Waals surface area contributed by atoms with Crippen molar-refractivity contribution in [3.63, 3.8) is 0 Å². The summed E-state index contributed by atoms with van der Waals surface area (Å²) >= 11 is 3.09. The molecule has 1 heterocycles. The number of nitrogen functional groups attached to an aromatic ring is 1. The van der Waals surface area contributed by atoms with E-state index in [0.29, 0.717) is 10.0 Å². The van der Waals surface area contributed by atoms with Crippen LogP contribution in [0.1, 0.15) is 15.9 Å². The molecule has 0 saturated heterocycles. The molecule has 2 rings (SSSR count). The zero-order valence-electron chi connectivity index (χ0n) is 7.32. The highest BCUT2D eigenvalue weighted by Crippen LogP contribution is 2.38. The summed E-state index contributed by atoms with van der Waals surface area (Å²) in [7, 11) is 0. The zero-order chi connectivity index (χ0) is 11.2. The van der Waals surface area contributed by atoms with Crippen LogP contribution in [0.3, 0.4) is 0 Å². The summed E-state index contributed by atoms with van der Waals surface area (Å²) in [5, 5.41) is 10.8. The smallest absolute Gasteiger partial charge is 0.346 e. The molecule has 0 unspecified atom stereocenters. The number of benzene rings is 1. The van der Waals surface area contributed by atoms with Gasteiger partial charge in [0.15, 0.2) is 0 Å². The Morgan fingerprint density at radius 1 is 1.60 bits per heavy atom. The van der Waals surface area contributed by atoms with Crippen LogP contribution in [0.4, 0.5) is 11.4 Å². The molecule has 1 aromatic rings. The van der Waals surface area contributed by atoms with Crippen molar-refractivity contribution in [2.45, 2.75) is 6.61 Å². The fraction of sp³-hybridized carbons (Fsp3) is 0.125. The molecule has 0 fully saturated rings. The molecular formula is C8H5BrN2O4. The van der Waals surface area contributed by atoms with Crippen molar-refractivity contribution in [3.05, 3.63) is 31.8 Å². The number of esters is 1. The van der Waals surface area contributed by atoms with Gasteiger partial charge in [0.25, 0.3) is 0 Å². The highest BCUT2D eigenvalue weighted by atomic mass is 79.9. The Hall–Kier alpha value is -1.63. The van der Waals surface area contributed by atoms with Gasteiger partial charge in [-0.05, 0) is 22.0 Å². The minimum absolute atomic E-state index is 0.0410. The minimum Gasteiger partial charge on any atom is -0.457 e. The van der Waals surface area contributed by atoms with E-state index in [9.17, 15) is 14.9 Å². The summed E-state index contributed by atoms with van der Waals surface area (Å²) in [5.41, 5.74) is 5.52. The zero-order valence-corrected chi connectivity index (χ0v) is 8.91. The quantitative estimate of drug-likeness (QED) is 0.363. The van der Waals surface area contributed by atoms with Crippen molar-refractivity contribution >= 4 is 33.3 Å². The maximum Gasteiger partial charge on any atom is 0.346 e. The standard InChI is InChI=1S/C8H5BrN2O4/c9-4-1-3-2-15-8(12)5(3)7(6(4)10)11(13)14/h1H,2,10H2. The summed E-state index contributed by atoms with van der Waals surface area (Å²) in [5.74, 6) is -0.698. The van der Waals surface area contributed by atoms with E-state index in [0.717, 1.165) is 0 Å². The molecule has 0 aliphatic carbocycles. The average Bonchev–Trinajstić information content (AvgIpc) is 2.49. The summed E-state index contributed by atoms with van der Waals surface area (Å²) in [6.07, 6.45) is 0. The molecule has 7 heteroatoms. The lowest BCUT2D eigenvalue weighted by molar-refractivity contribution is -0.384. The molecular weight excluding hydrogens is 268 g/mol. The van der Waals surface area contributed by atoms with Gasteiger partial charge in [0.1, 0.15) is 17.9 Å². The number of hydrogen-bond donors (Lipinski definition) is 1. The number of nitro benzene ring substituents is 1. The summed E-state index contributed by atoms with van der Waals surface area (Å²) in [6, 6.07) is 1.56. The number of nitro groups is 1. The van der Waals surface area contributed by atoms with Crippen molar-refractivity contribution in [1.82, 2.24) is 0 Å². The number of halogens is 1. The molecule has 0 spiro atoms. The van der Waals surface area contributed by atoms with Crippen LogP contribution in [0.2, 0.25) is 0 Å². The minimum atomic E-state index is -0.698. The maximum atomic E-state index is 11.3. The maximum absolute atomic E-state index is 11.3. The number of nitrogens with two attached hydrogens (primary N) is 1. The first-order chi connectivity index (χ1) is 7.02. The number of ether oxygens (including phenoxy) is 1. The van der Waals surface area contributed by atoms with Crippen molar-refractivity contribution in [2.24, 2.45) is 0 Å². The predicted octanol–water partition coefficient (Wildman–Crippen LogP) is 1.61. The van der Waals surface area contributed by atoms with Crippen LogP contribution in [0.25, 0.3) is 0 Å². The van der Waals surface area contributed by atoms with Gasteiger partial charge in [0.05, 0.1) is 4.92 Å². The molecule has 6 nitrogen and oxygen atoms in total. The van der Waals surface area contributed by atoms with Gasteiger partial charge < -0.3 is 10.5 Å². The Bertz CT molecular complexity index is 486. The van der Waals surface area contributed by atoms with E-state index >= 15 is 0 Å². The lowest BCUT2D eigenvalue weighted by Gasteiger charge is -2.03. The SMILES string of the molecule is Nc1c(Br)cc2c(c1[N+](=O)[O-])C(=O)OC2. The van der Waals surface area contributed by atoms with Crippen LogP contribution in [-0.4, -0.2) is 10.9 Å². The van der Waals surface area contributed by atoms with E-state index < -0.39 is 10.9 Å². The third-order valence-electron chi connectivity index (χ3n) is 2.12. The monoisotopic (exact) mass is 272 g/mol. The average molecular weight is 273 g/mol. The van der Waals surface area contributed by atoms with E-state index in [1.165, 1.54) is 0 Å². The lowest BCUT2D eigenvalue weighted by Crippen LogP contribution is -2.05. The fourth-order valence-corrected chi connectivity index (χ4v) is 1.91.